The Hall–Kier alpha value is -3.00. The molecule has 2 rings (SSSR count). The molecule has 0 atom stereocenters. The van der Waals surface area contributed by atoms with Crippen molar-refractivity contribution < 1.29 is 27.4 Å². The minimum absolute atomic E-state index is 0.00709. The summed E-state index contributed by atoms with van der Waals surface area (Å²) in [5, 5.41) is 2.81. The fourth-order valence-electron chi connectivity index (χ4n) is 2.58. The van der Waals surface area contributed by atoms with Gasteiger partial charge in [0.15, 0.2) is 16.4 Å². The van der Waals surface area contributed by atoms with Crippen LogP contribution in [0.1, 0.15) is 25.3 Å². The largest absolute Gasteiger partial charge is 0.493 e. The van der Waals surface area contributed by atoms with E-state index in [2.05, 4.69) is 10.1 Å². The van der Waals surface area contributed by atoms with E-state index in [-0.39, 0.29) is 10.8 Å². The van der Waals surface area contributed by atoms with Gasteiger partial charge in [-0.25, -0.2) is 13.2 Å². The van der Waals surface area contributed by atoms with Crippen molar-refractivity contribution in [3.8, 4) is 11.5 Å². The lowest BCUT2D eigenvalue weighted by Crippen LogP contribution is -2.17. The molecular weight excluding hydrogens is 394 g/mol. The predicted molar refractivity (Wildman–Crippen MR) is 111 cm³/mol. The minimum atomic E-state index is -4.09. The molecule has 0 aliphatic heterocycles. The van der Waals surface area contributed by atoms with Gasteiger partial charge in [0.1, 0.15) is 0 Å². The van der Waals surface area contributed by atoms with Crippen LogP contribution in [-0.4, -0.2) is 35.7 Å². The Morgan fingerprint density at radius 3 is 2.10 bits per heavy atom. The maximum Gasteiger partial charge on any atom is 0.351 e. The second kappa shape index (κ2) is 9.47. The van der Waals surface area contributed by atoms with Gasteiger partial charge < -0.3 is 19.5 Å². The zero-order valence-corrected chi connectivity index (χ0v) is 17.9. The molecule has 8 heteroatoms. The molecule has 0 unspecified atom stereocenters. The van der Waals surface area contributed by atoms with Crippen molar-refractivity contribution >= 4 is 21.5 Å². The predicted octanol–water partition coefficient (Wildman–Crippen LogP) is 3.73. The van der Waals surface area contributed by atoms with Crippen LogP contribution in [0.2, 0.25) is 0 Å². The molecule has 2 aromatic rings. The van der Waals surface area contributed by atoms with E-state index < -0.39 is 20.7 Å². The third-order valence-electron chi connectivity index (χ3n) is 4.29. The number of hydrogen-bond acceptors (Lipinski definition) is 7. The first-order valence-corrected chi connectivity index (χ1v) is 10.3. The second-order valence-corrected chi connectivity index (χ2v) is 8.36. The molecule has 1 N–H and O–H groups in total. The average Bonchev–Trinajstić information content (AvgIpc) is 2.73. The minimum Gasteiger partial charge on any atom is -0.493 e. The average molecular weight is 419 g/mol. The summed E-state index contributed by atoms with van der Waals surface area (Å²) < 4.78 is 41.1. The molecule has 0 heterocycles. The molecule has 2 aromatic carbocycles. The molecule has 29 heavy (non-hydrogen) atoms. The maximum atomic E-state index is 13.0. The van der Waals surface area contributed by atoms with E-state index in [0.29, 0.717) is 17.2 Å². The standard InChI is InChI=1S/C21H25NO6S/c1-14(2)15-6-9-17(10-7-15)29(24,25)20(21(23)28-5)13-22-16-8-11-18(26-3)19(12-16)27-4/h6-14,22H,1-5H3/b20-13-. The SMILES string of the molecule is COC(=O)/C(=C/Nc1ccc(OC)c(OC)c1)S(=O)(=O)c1ccc(C(C)C)cc1. The third kappa shape index (κ3) is 5.08. The molecule has 156 valence electrons. The van der Waals surface area contributed by atoms with Gasteiger partial charge in [0.05, 0.1) is 26.2 Å². The van der Waals surface area contributed by atoms with Crippen molar-refractivity contribution in [3.05, 3.63) is 59.1 Å². The highest BCUT2D eigenvalue weighted by Crippen LogP contribution is 2.30. The van der Waals surface area contributed by atoms with Crippen molar-refractivity contribution in [3.63, 3.8) is 0 Å². The molecule has 0 fully saturated rings. The Balaban J connectivity index is 2.41. The summed E-state index contributed by atoms with van der Waals surface area (Å²) in [5.41, 5.74) is 1.51. The number of benzene rings is 2. The lowest BCUT2D eigenvalue weighted by molar-refractivity contribution is -0.135. The molecule has 0 amide bonds. The van der Waals surface area contributed by atoms with Gasteiger partial charge >= 0.3 is 5.97 Å². The number of methoxy groups -OCH3 is 3. The zero-order valence-electron chi connectivity index (χ0n) is 17.1. The zero-order chi connectivity index (χ0) is 21.6. The lowest BCUT2D eigenvalue weighted by Gasteiger charge is -2.12. The van der Waals surface area contributed by atoms with Crippen LogP contribution >= 0.6 is 0 Å². The summed E-state index contributed by atoms with van der Waals surface area (Å²) in [7, 11) is 0.0435. The Labute approximate surface area is 171 Å². The summed E-state index contributed by atoms with van der Waals surface area (Å²) in [4.78, 5) is 11.7. The monoisotopic (exact) mass is 419 g/mol. The summed E-state index contributed by atoms with van der Waals surface area (Å²) in [5.74, 6) is 0.269. The quantitative estimate of drug-likeness (QED) is 0.515. The Bertz CT molecular complexity index is 994. The number of nitrogens with one attached hydrogen (secondary N) is 1. The fourth-order valence-corrected chi connectivity index (χ4v) is 3.85. The molecule has 0 aliphatic rings. The fraction of sp³-hybridized carbons (Fsp3) is 0.286. The normalized spacial score (nSPS) is 11.9. The van der Waals surface area contributed by atoms with Crippen LogP contribution in [0.25, 0.3) is 0 Å². The number of carbonyl (C=O) groups is 1. The lowest BCUT2D eigenvalue weighted by atomic mass is 10.0. The number of rotatable bonds is 8. The first-order chi connectivity index (χ1) is 13.7. The first-order valence-electron chi connectivity index (χ1n) is 8.86. The van der Waals surface area contributed by atoms with E-state index in [1.54, 1.807) is 30.3 Å². The molecule has 0 radical (unpaired) electrons. The smallest absolute Gasteiger partial charge is 0.351 e. The van der Waals surface area contributed by atoms with Crippen molar-refractivity contribution in [1.82, 2.24) is 0 Å². The number of esters is 1. The van der Waals surface area contributed by atoms with E-state index in [1.807, 2.05) is 13.8 Å². The highest BCUT2D eigenvalue weighted by molar-refractivity contribution is 7.96. The van der Waals surface area contributed by atoms with Gasteiger partial charge in [-0.2, -0.15) is 0 Å². The highest BCUT2D eigenvalue weighted by Gasteiger charge is 2.28. The molecule has 0 aliphatic carbocycles. The van der Waals surface area contributed by atoms with Crippen LogP contribution in [-0.2, 0) is 19.4 Å². The van der Waals surface area contributed by atoms with Gasteiger partial charge in [-0.15, -0.1) is 0 Å². The molecule has 0 bridgehead atoms. The summed E-state index contributed by atoms with van der Waals surface area (Å²) in [6.45, 7) is 4.02. The Morgan fingerprint density at radius 1 is 0.966 bits per heavy atom. The number of hydrogen-bond donors (Lipinski definition) is 1. The first kappa shape index (κ1) is 22.3. The number of anilines is 1. The van der Waals surface area contributed by atoms with Gasteiger partial charge in [0.25, 0.3) is 0 Å². The van der Waals surface area contributed by atoms with Crippen LogP contribution < -0.4 is 14.8 Å². The number of sulfone groups is 1. The van der Waals surface area contributed by atoms with E-state index in [4.69, 9.17) is 9.47 Å². The van der Waals surface area contributed by atoms with Crippen LogP contribution in [0.4, 0.5) is 5.69 Å². The molecule has 0 aromatic heterocycles. The summed E-state index contributed by atoms with van der Waals surface area (Å²) in [6, 6.07) is 11.4. The molecule has 7 nitrogen and oxygen atoms in total. The van der Waals surface area contributed by atoms with Crippen molar-refractivity contribution in [2.45, 2.75) is 24.7 Å². The Kier molecular flexibility index (Phi) is 7.28. The van der Waals surface area contributed by atoms with Gasteiger partial charge in [0.2, 0.25) is 9.84 Å². The number of carbonyl (C=O) groups excluding carboxylic acids is 1. The van der Waals surface area contributed by atoms with E-state index in [9.17, 15) is 13.2 Å². The summed E-state index contributed by atoms with van der Waals surface area (Å²) >= 11 is 0. The molecular formula is C21H25NO6S. The highest BCUT2D eigenvalue weighted by atomic mass is 32.2. The van der Waals surface area contributed by atoms with Crippen molar-refractivity contribution in [2.24, 2.45) is 0 Å². The van der Waals surface area contributed by atoms with E-state index in [1.165, 1.54) is 26.4 Å². The summed E-state index contributed by atoms with van der Waals surface area (Å²) in [6.07, 6.45) is 1.11. The van der Waals surface area contributed by atoms with Crippen LogP contribution in [0.15, 0.2) is 58.5 Å². The van der Waals surface area contributed by atoms with Crippen molar-refractivity contribution in [2.75, 3.05) is 26.6 Å². The van der Waals surface area contributed by atoms with E-state index >= 15 is 0 Å². The van der Waals surface area contributed by atoms with Gasteiger partial charge in [-0.1, -0.05) is 26.0 Å². The van der Waals surface area contributed by atoms with Crippen LogP contribution in [0, 0.1) is 0 Å². The number of ether oxygens (including phenoxy) is 3. The van der Waals surface area contributed by atoms with Crippen LogP contribution in [0.5, 0.6) is 11.5 Å². The van der Waals surface area contributed by atoms with Gasteiger partial charge in [-0.05, 0) is 35.7 Å². The Morgan fingerprint density at radius 2 is 1.59 bits per heavy atom. The van der Waals surface area contributed by atoms with Crippen LogP contribution in [0.3, 0.4) is 0 Å². The maximum absolute atomic E-state index is 13.0. The molecule has 0 spiro atoms. The third-order valence-corrected chi connectivity index (χ3v) is 6.04. The molecule has 0 saturated heterocycles. The van der Waals surface area contributed by atoms with E-state index in [0.717, 1.165) is 18.9 Å². The van der Waals surface area contributed by atoms with Crippen molar-refractivity contribution in [1.29, 1.82) is 0 Å². The molecule has 0 saturated carbocycles. The van der Waals surface area contributed by atoms with Gasteiger partial charge in [0, 0.05) is 18.0 Å². The second-order valence-electron chi connectivity index (χ2n) is 6.44. The topological polar surface area (TPSA) is 90.9 Å². The van der Waals surface area contributed by atoms with Gasteiger partial charge in [-0.3, -0.25) is 0 Å².